The minimum Gasteiger partial charge on any atom is -0.480 e. The Morgan fingerprint density at radius 1 is 1.75 bits per heavy atom. The Bertz CT molecular complexity index is 269. The average Bonchev–Trinajstić information content (AvgIpc) is 2.66. The minimum atomic E-state index is -0.834. The van der Waals surface area contributed by atoms with Crippen molar-refractivity contribution >= 4 is 11.9 Å². The summed E-state index contributed by atoms with van der Waals surface area (Å²) in [5.74, 6) is -0.505. The zero-order chi connectivity index (χ0) is 12.0. The largest absolute Gasteiger partial charge is 0.480 e. The Morgan fingerprint density at radius 2 is 2.50 bits per heavy atom. The number of nitrogens with two attached hydrogens (primary N) is 1. The third-order valence-electron chi connectivity index (χ3n) is 2.36. The first-order valence-electron chi connectivity index (χ1n) is 5.15. The van der Waals surface area contributed by atoms with E-state index in [9.17, 15) is 4.79 Å². The van der Waals surface area contributed by atoms with Crippen LogP contribution in [0.15, 0.2) is 4.99 Å². The summed E-state index contributed by atoms with van der Waals surface area (Å²) in [4.78, 5) is 14.7. The molecule has 0 aromatic heterocycles. The van der Waals surface area contributed by atoms with E-state index in [1.54, 1.807) is 7.11 Å². The lowest BCUT2D eigenvalue weighted by Crippen LogP contribution is -2.41. The van der Waals surface area contributed by atoms with Crippen LogP contribution < -0.4 is 16.4 Å². The molecule has 16 heavy (non-hydrogen) atoms. The van der Waals surface area contributed by atoms with E-state index in [1.165, 1.54) is 0 Å². The van der Waals surface area contributed by atoms with Gasteiger partial charge in [0.1, 0.15) is 6.04 Å². The molecule has 1 saturated heterocycles. The molecule has 0 bridgehead atoms. The van der Waals surface area contributed by atoms with Crippen molar-refractivity contribution in [2.24, 2.45) is 10.7 Å². The van der Waals surface area contributed by atoms with Gasteiger partial charge in [0.2, 0.25) is 0 Å². The molecule has 1 unspecified atom stereocenters. The number of carboxylic acid groups (broad SMARTS) is 1. The van der Waals surface area contributed by atoms with Crippen LogP contribution in [0.3, 0.4) is 0 Å². The summed E-state index contributed by atoms with van der Waals surface area (Å²) in [6.45, 7) is 1.60. The molecule has 1 aliphatic rings. The van der Waals surface area contributed by atoms with E-state index in [-0.39, 0.29) is 6.04 Å². The van der Waals surface area contributed by atoms with E-state index in [4.69, 9.17) is 15.6 Å². The molecule has 1 aliphatic heterocycles. The lowest BCUT2D eigenvalue weighted by atomic mass is 10.2. The van der Waals surface area contributed by atoms with E-state index in [0.717, 1.165) is 0 Å². The van der Waals surface area contributed by atoms with Crippen LogP contribution in [0.2, 0.25) is 0 Å². The molecule has 1 fully saturated rings. The fourth-order valence-electron chi connectivity index (χ4n) is 1.55. The predicted molar refractivity (Wildman–Crippen MR) is 59.3 cm³/mol. The number of guanidine groups is 1. The second-order valence-electron chi connectivity index (χ2n) is 3.64. The van der Waals surface area contributed by atoms with Crippen LogP contribution in [0, 0.1) is 0 Å². The molecule has 0 aromatic carbocycles. The van der Waals surface area contributed by atoms with Crippen molar-refractivity contribution in [2.45, 2.75) is 18.5 Å². The van der Waals surface area contributed by atoms with Gasteiger partial charge in [0.25, 0.3) is 0 Å². The fourth-order valence-corrected chi connectivity index (χ4v) is 1.55. The van der Waals surface area contributed by atoms with Gasteiger partial charge in [-0.25, -0.2) is 0 Å². The van der Waals surface area contributed by atoms with Gasteiger partial charge >= 0.3 is 5.97 Å². The van der Waals surface area contributed by atoms with Gasteiger partial charge in [0.15, 0.2) is 5.96 Å². The summed E-state index contributed by atoms with van der Waals surface area (Å²) in [5, 5.41) is 14.6. The highest BCUT2D eigenvalue weighted by Gasteiger charge is 2.29. The maximum absolute atomic E-state index is 10.7. The number of hydrogen-bond donors (Lipinski definition) is 4. The van der Waals surface area contributed by atoms with Crippen LogP contribution in [-0.4, -0.2) is 55.9 Å². The number of carbonyl (C=O) groups is 1. The van der Waals surface area contributed by atoms with E-state index in [1.807, 2.05) is 0 Å². The Hall–Kier alpha value is -1.34. The molecule has 5 N–H and O–H groups in total. The second kappa shape index (κ2) is 6.29. The third-order valence-corrected chi connectivity index (χ3v) is 2.36. The van der Waals surface area contributed by atoms with Crippen LogP contribution in [0.4, 0.5) is 0 Å². The standard InChI is InChI=1S/C9H18N4O3/c1-16-3-2-11-9(10)13-6-4-7(8(14)15)12-5-6/h6-7,12H,2-5H2,1H3,(H,14,15)(H3,10,11,13)/t6?,7-/m0/s1. The molecule has 1 rings (SSSR count). The number of rotatable bonds is 5. The maximum atomic E-state index is 10.7. The Kier molecular flexibility index (Phi) is 5.00. The van der Waals surface area contributed by atoms with Gasteiger partial charge in [0.05, 0.1) is 13.2 Å². The van der Waals surface area contributed by atoms with Crippen LogP contribution >= 0.6 is 0 Å². The van der Waals surface area contributed by atoms with Crippen molar-refractivity contribution in [3.63, 3.8) is 0 Å². The molecule has 0 aliphatic carbocycles. The number of aliphatic carboxylic acids is 1. The smallest absolute Gasteiger partial charge is 0.320 e. The first-order chi connectivity index (χ1) is 7.63. The highest BCUT2D eigenvalue weighted by atomic mass is 16.5. The summed E-state index contributed by atoms with van der Waals surface area (Å²) in [7, 11) is 1.59. The third kappa shape index (κ3) is 4.03. The minimum absolute atomic E-state index is 0.0207. The number of ether oxygens (including phenoxy) is 1. The number of hydrogen-bond acceptors (Lipinski definition) is 4. The first-order valence-corrected chi connectivity index (χ1v) is 5.15. The van der Waals surface area contributed by atoms with Crippen molar-refractivity contribution in [1.29, 1.82) is 0 Å². The number of nitrogens with one attached hydrogen (secondary N) is 2. The average molecular weight is 230 g/mol. The summed E-state index contributed by atoms with van der Waals surface area (Å²) in [5.41, 5.74) is 5.62. The molecule has 0 saturated carbocycles. The van der Waals surface area contributed by atoms with E-state index in [2.05, 4.69) is 15.6 Å². The van der Waals surface area contributed by atoms with Crippen molar-refractivity contribution < 1.29 is 14.6 Å². The molecule has 7 nitrogen and oxygen atoms in total. The van der Waals surface area contributed by atoms with E-state index < -0.39 is 12.0 Å². The number of nitrogens with zero attached hydrogens (tertiary/aromatic N) is 1. The van der Waals surface area contributed by atoms with Crippen molar-refractivity contribution in [2.75, 3.05) is 26.8 Å². The van der Waals surface area contributed by atoms with Crippen LogP contribution in [-0.2, 0) is 9.53 Å². The molecule has 0 spiro atoms. The van der Waals surface area contributed by atoms with Crippen LogP contribution in [0.25, 0.3) is 0 Å². The fraction of sp³-hybridized carbons (Fsp3) is 0.778. The molecule has 0 radical (unpaired) electrons. The highest BCUT2D eigenvalue weighted by molar-refractivity contribution is 5.79. The zero-order valence-corrected chi connectivity index (χ0v) is 9.27. The van der Waals surface area contributed by atoms with Gasteiger partial charge in [-0.15, -0.1) is 0 Å². The first kappa shape index (κ1) is 12.7. The van der Waals surface area contributed by atoms with Gasteiger partial charge in [-0.3, -0.25) is 9.79 Å². The van der Waals surface area contributed by atoms with Crippen molar-refractivity contribution in [1.82, 2.24) is 10.6 Å². The summed E-state index contributed by atoms with van der Waals surface area (Å²) in [6.07, 6.45) is 0.510. The van der Waals surface area contributed by atoms with Crippen molar-refractivity contribution in [3.8, 4) is 0 Å². The number of carboxylic acids is 1. The summed E-state index contributed by atoms with van der Waals surface area (Å²) >= 11 is 0. The van der Waals surface area contributed by atoms with Gasteiger partial charge in [-0.05, 0) is 6.42 Å². The Balaban J connectivity index is 2.28. The van der Waals surface area contributed by atoms with Crippen molar-refractivity contribution in [3.05, 3.63) is 0 Å². The molecular weight excluding hydrogens is 212 g/mol. The van der Waals surface area contributed by atoms with E-state index in [0.29, 0.717) is 32.1 Å². The second-order valence-corrected chi connectivity index (χ2v) is 3.64. The SMILES string of the molecule is COCCN=C(N)NC1CN[C@H](C(=O)O)C1. The molecule has 0 aromatic rings. The quantitative estimate of drug-likeness (QED) is 0.256. The Morgan fingerprint density at radius 3 is 3.06 bits per heavy atom. The monoisotopic (exact) mass is 230 g/mol. The topological polar surface area (TPSA) is 109 Å². The van der Waals surface area contributed by atoms with Gasteiger partial charge in [0, 0.05) is 19.7 Å². The van der Waals surface area contributed by atoms with E-state index >= 15 is 0 Å². The maximum Gasteiger partial charge on any atom is 0.320 e. The molecule has 92 valence electrons. The molecule has 1 heterocycles. The molecule has 0 amide bonds. The van der Waals surface area contributed by atoms with Crippen LogP contribution in [0.1, 0.15) is 6.42 Å². The number of methoxy groups -OCH3 is 1. The highest BCUT2D eigenvalue weighted by Crippen LogP contribution is 2.06. The lowest BCUT2D eigenvalue weighted by molar-refractivity contribution is -0.139. The normalized spacial score (nSPS) is 25.7. The molecule has 2 atom stereocenters. The van der Waals surface area contributed by atoms with Gasteiger partial charge < -0.3 is 26.2 Å². The summed E-state index contributed by atoms with van der Waals surface area (Å²) in [6, 6.07) is -0.475. The zero-order valence-electron chi connectivity index (χ0n) is 9.27. The predicted octanol–water partition coefficient (Wildman–Crippen LogP) is -1.65. The lowest BCUT2D eigenvalue weighted by Gasteiger charge is -2.11. The van der Waals surface area contributed by atoms with Gasteiger partial charge in [-0.1, -0.05) is 0 Å². The molecule has 7 heteroatoms. The number of aliphatic imine (C=N–C) groups is 1. The van der Waals surface area contributed by atoms with Gasteiger partial charge in [-0.2, -0.15) is 0 Å². The molecular formula is C9H18N4O3. The van der Waals surface area contributed by atoms with Crippen LogP contribution in [0.5, 0.6) is 0 Å². The summed E-state index contributed by atoms with van der Waals surface area (Å²) < 4.78 is 4.83. The Labute approximate surface area is 94.1 Å².